The predicted molar refractivity (Wildman–Crippen MR) is 100 cm³/mol. The van der Waals surface area contributed by atoms with E-state index in [-0.39, 0.29) is 5.78 Å². The number of nitrogens with one attached hydrogen (secondary N) is 2. The lowest BCUT2D eigenvalue weighted by molar-refractivity contribution is -0.0242. The van der Waals surface area contributed by atoms with Crippen molar-refractivity contribution in [3.05, 3.63) is 63.8 Å². The number of esters is 1. The number of hydrogen-bond acceptors (Lipinski definition) is 5. The number of carbonyl (C=O) groups excluding carboxylic acids is 2. The normalized spacial score (nSPS) is 17.9. The Hall–Kier alpha value is -2.70. The van der Waals surface area contributed by atoms with Gasteiger partial charge in [-0.1, -0.05) is 29.8 Å². The molecule has 0 saturated carbocycles. The van der Waals surface area contributed by atoms with Gasteiger partial charge < -0.3 is 10.1 Å². The van der Waals surface area contributed by atoms with Gasteiger partial charge in [0.2, 0.25) is 0 Å². The number of aromatic amines is 1. The molecule has 3 aromatic rings. The molecule has 7 heteroatoms. The molecule has 0 amide bonds. The van der Waals surface area contributed by atoms with E-state index < -0.39 is 11.6 Å². The van der Waals surface area contributed by atoms with Crippen LogP contribution in [0.5, 0.6) is 0 Å². The van der Waals surface area contributed by atoms with Gasteiger partial charge >= 0.3 is 5.97 Å². The van der Waals surface area contributed by atoms with Crippen molar-refractivity contribution in [3.63, 3.8) is 0 Å². The summed E-state index contributed by atoms with van der Waals surface area (Å²) in [5.74, 6) is -0.703. The van der Waals surface area contributed by atoms with E-state index in [1.807, 2.05) is 12.1 Å². The molecule has 1 spiro atoms. The molecule has 0 aliphatic carbocycles. The van der Waals surface area contributed by atoms with Crippen LogP contribution in [-0.2, 0) is 10.3 Å². The molecule has 5 rings (SSSR count). The Bertz CT molecular complexity index is 1100. The molecule has 0 bridgehead atoms. The highest BCUT2D eigenvalue weighted by molar-refractivity contribution is 6.32. The lowest BCUT2D eigenvalue weighted by atomic mass is 9.82. The van der Waals surface area contributed by atoms with Gasteiger partial charge in [-0.05, 0) is 25.2 Å². The molecule has 1 fully saturated rings. The van der Waals surface area contributed by atoms with Gasteiger partial charge in [-0.3, -0.25) is 9.89 Å². The summed E-state index contributed by atoms with van der Waals surface area (Å²) in [6, 6.07) is 8.72. The summed E-state index contributed by atoms with van der Waals surface area (Å²) in [5.41, 5.74) is 1.88. The maximum absolute atomic E-state index is 13.4. The lowest BCUT2D eigenvalue weighted by Crippen LogP contribution is -2.39. The fourth-order valence-corrected chi connectivity index (χ4v) is 4.40. The third-order valence-corrected chi connectivity index (χ3v) is 5.68. The van der Waals surface area contributed by atoms with E-state index in [4.69, 9.17) is 16.3 Å². The molecular formula is C20H16ClN3O3. The van der Waals surface area contributed by atoms with Crippen LogP contribution in [0.15, 0.2) is 36.5 Å². The Morgan fingerprint density at radius 2 is 2.00 bits per heavy atom. The predicted octanol–water partition coefficient (Wildman–Crippen LogP) is 3.20. The van der Waals surface area contributed by atoms with Crippen LogP contribution in [0.25, 0.3) is 10.9 Å². The number of halogens is 1. The highest BCUT2D eigenvalue weighted by Gasteiger charge is 2.47. The van der Waals surface area contributed by atoms with Crippen LogP contribution in [0, 0.1) is 0 Å². The second-order valence-electron chi connectivity index (χ2n) is 6.98. The zero-order chi connectivity index (χ0) is 18.6. The first kappa shape index (κ1) is 16.5. The number of aromatic nitrogens is 2. The Morgan fingerprint density at radius 3 is 2.81 bits per heavy atom. The van der Waals surface area contributed by atoms with Crippen LogP contribution in [0.1, 0.15) is 44.7 Å². The van der Waals surface area contributed by atoms with Crippen LogP contribution < -0.4 is 5.32 Å². The highest BCUT2D eigenvalue weighted by atomic mass is 35.5. The maximum Gasteiger partial charge on any atom is 0.340 e. The SMILES string of the molecule is O=C1OC2(CCNCC2)c2cccc(C(=O)c3cc(Cl)cc4cn[nH]c34)c21. The van der Waals surface area contributed by atoms with Gasteiger partial charge in [0, 0.05) is 39.9 Å². The van der Waals surface area contributed by atoms with E-state index in [9.17, 15) is 9.59 Å². The highest BCUT2D eigenvalue weighted by Crippen LogP contribution is 2.44. The number of ether oxygens (including phenoxy) is 1. The first-order valence-electron chi connectivity index (χ1n) is 8.84. The second-order valence-corrected chi connectivity index (χ2v) is 7.42. The number of benzene rings is 2. The number of carbonyl (C=O) groups is 2. The summed E-state index contributed by atoms with van der Waals surface area (Å²) in [4.78, 5) is 26.1. The first-order valence-corrected chi connectivity index (χ1v) is 9.22. The molecule has 6 nitrogen and oxygen atoms in total. The van der Waals surface area contributed by atoms with Crippen LogP contribution >= 0.6 is 11.6 Å². The van der Waals surface area contributed by atoms with Crippen molar-refractivity contribution < 1.29 is 14.3 Å². The average molecular weight is 382 g/mol. The van der Waals surface area contributed by atoms with Gasteiger partial charge in [0.25, 0.3) is 0 Å². The topological polar surface area (TPSA) is 84.1 Å². The first-order chi connectivity index (χ1) is 13.1. The van der Waals surface area contributed by atoms with Crippen molar-refractivity contribution in [2.45, 2.75) is 18.4 Å². The molecule has 2 N–H and O–H groups in total. The Balaban J connectivity index is 1.68. The molecule has 0 radical (unpaired) electrons. The van der Waals surface area contributed by atoms with E-state index in [0.717, 1.165) is 24.0 Å². The Morgan fingerprint density at radius 1 is 1.19 bits per heavy atom. The molecule has 2 aliphatic heterocycles. The van der Waals surface area contributed by atoms with Gasteiger partial charge in [-0.2, -0.15) is 5.10 Å². The third kappa shape index (κ3) is 2.40. The monoisotopic (exact) mass is 381 g/mol. The van der Waals surface area contributed by atoms with E-state index >= 15 is 0 Å². The maximum atomic E-state index is 13.4. The van der Waals surface area contributed by atoms with E-state index in [2.05, 4.69) is 15.5 Å². The van der Waals surface area contributed by atoms with Crippen molar-refractivity contribution in [1.29, 1.82) is 0 Å². The number of hydrogen-bond donors (Lipinski definition) is 2. The van der Waals surface area contributed by atoms with Gasteiger partial charge in [0.1, 0.15) is 5.60 Å². The smallest absolute Gasteiger partial charge is 0.340 e. The van der Waals surface area contributed by atoms with Crippen molar-refractivity contribution in [3.8, 4) is 0 Å². The number of ketones is 1. The fraction of sp³-hybridized carbons (Fsp3) is 0.250. The Labute approximate surface area is 159 Å². The van der Waals surface area contributed by atoms with Crippen molar-refractivity contribution >= 4 is 34.3 Å². The number of piperidine rings is 1. The van der Waals surface area contributed by atoms with Crippen molar-refractivity contribution in [2.75, 3.05) is 13.1 Å². The summed E-state index contributed by atoms with van der Waals surface area (Å²) in [6.07, 6.45) is 3.02. The summed E-state index contributed by atoms with van der Waals surface area (Å²) >= 11 is 6.18. The van der Waals surface area contributed by atoms with E-state index in [0.29, 0.717) is 40.1 Å². The molecule has 0 unspecified atom stereocenters. The molecule has 2 aliphatic rings. The zero-order valence-corrected chi connectivity index (χ0v) is 15.1. The largest absolute Gasteiger partial charge is 0.450 e. The lowest BCUT2D eigenvalue weighted by Gasteiger charge is -2.33. The molecule has 1 saturated heterocycles. The number of fused-ring (bicyclic) bond motifs is 3. The van der Waals surface area contributed by atoms with Gasteiger partial charge in [0.05, 0.1) is 17.3 Å². The van der Waals surface area contributed by atoms with E-state index in [1.165, 1.54) is 0 Å². The molecule has 0 atom stereocenters. The van der Waals surface area contributed by atoms with Crippen LogP contribution in [0.4, 0.5) is 0 Å². The summed E-state index contributed by atoms with van der Waals surface area (Å²) < 4.78 is 5.81. The van der Waals surface area contributed by atoms with Crippen molar-refractivity contribution in [2.24, 2.45) is 0 Å². The van der Waals surface area contributed by atoms with Crippen LogP contribution in [0.2, 0.25) is 5.02 Å². The van der Waals surface area contributed by atoms with Crippen LogP contribution in [0.3, 0.4) is 0 Å². The minimum atomic E-state index is -0.633. The van der Waals surface area contributed by atoms with Gasteiger partial charge in [0.15, 0.2) is 5.78 Å². The van der Waals surface area contributed by atoms with E-state index in [1.54, 1.807) is 24.4 Å². The quantitative estimate of drug-likeness (QED) is 0.526. The minimum Gasteiger partial charge on any atom is -0.450 e. The summed E-state index contributed by atoms with van der Waals surface area (Å²) in [6.45, 7) is 1.54. The minimum absolute atomic E-state index is 0.272. The third-order valence-electron chi connectivity index (χ3n) is 5.46. The van der Waals surface area contributed by atoms with Crippen LogP contribution in [-0.4, -0.2) is 35.0 Å². The van der Waals surface area contributed by atoms with Gasteiger partial charge in [-0.25, -0.2) is 4.79 Å². The molecule has 136 valence electrons. The van der Waals surface area contributed by atoms with Crippen molar-refractivity contribution in [1.82, 2.24) is 15.5 Å². The molecule has 27 heavy (non-hydrogen) atoms. The molecule has 3 heterocycles. The standard InChI is InChI=1S/C20H16ClN3O3/c21-12-8-11-10-23-24-17(11)14(9-12)18(25)13-2-1-3-15-16(13)19(26)27-20(15)4-6-22-7-5-20/h1-3,8-10,22H,4-7H2,(H,23,24). The van der Waals surface area contributed by atoms with Gasteiger partial charge in [-0.15, -0.1) is 0 Å². The second kappa shape index (κ2) is 5.90. The number of nitrogens with zero attached hydrogens (tertiary/aromatic N) is 1. The fourth-order valence-electron chi connectivity index (χ4n) is 4.17. The molecular weight excluding hydrogens is 366 g/mol. The number of rotatable bonds is 2. The zero-order valence-electron chi connectivity index (χ0n) is 14.3. The molecule has 2 aromatic carbocycles. The molecule has 1 aromatic heterocycles. The Kier molecular flexibility index (Phi) is 3.60. The summed E-state index contributed by atoms with van der Waals surface area (Å²) in [5, 5.41) is 11.3. The number of H-pyrrole nitrogens is 1. The average Bonchev–Trinajstić information content (AvgIpc) is 3.24. The summed E-state index contributed by atoms with van der Waals surface area (Å²) in [7, 11) is 0.